The van der Waals surface area contributed by atoms with Crippen LogP contribution < -0.4 is 5.73 Å². The van der Waals surface area contributed by atoms with Crippen LogP contribution in [0.3, 0.4) is 0 Å². The molecule has 21 heavy (non-hydrogen) atoms. The number of nitrogens with zero attached hydrogens (tertiary/aromatic N) is 1. The number of carbonyl (C=O) groups excluding carboxylic acids is 1. The molecule has 2 atom stereocenters. The number of carbonyl (C=O) groups is 1. The Morgan fingerprint density at radius 3 is 2.43 bits per heavy atom. The second-order valence-electron chi connectivity index (χ2n) is 5.72. The van der Waals surface area contributed by atoms with Gasteiger partial charge in [0.05, 0.1) is 6.04 Å². The Balaban J connectivity index is 1.90. The summed E-state index contributed by atoms with van der Waals surface area (Å²) >= 11 is 0. The Labute approximate surface area is 125 Å². The minimum atomic E-state index is -0.0521. The first-order valence-corrected chi connectivity index (χ1v) is 7.32. The Morgan fingerprint density at radius 1 is 1.05 bits per heavy atom. The van der Waals surface area contributed by atoms with Crippen molar-refractivity contribution in [3.05, 3.63) is 70.8 Å². The zero-order valence-electron chi connectivity index (χ0n) is 12.4. The molecule has 2 aromatic carbocycles. The van der Waals surface area contributed by atoms with Crippen LogP contribution in [0.25, 0.3) is 0 Å². The molecule has 2 aromatic rings. The molecule has 1 aliphatic rings. The van der Waals surface area contributed by atoms with E-state index in [9.17, 15) is 4.79 Å². The summed E-state index contributed by atoms with van der Waals surface area (Å²) in [5, 5.41) is 0. The maximum Gasteiger partial charge on any atom is 0.255 e. The number of nitrogens with two attached hydrogens (primary N) is 1. The molecule has 2 unspecified atom stereocenters. The summed E-state index contributed by atoms with van der Waals surface area (Å²) in [6, 6.07) is 16.2. The molecule has 1 aliphatic heterocycles. The molecule has 1 amide bonds. The van der Waals surface area contributed by atoms with Crippen molar-refractivity contribution in [2.75, 3.05) is 0 Å². The lowest BCUT2D eigenvalue weighted by molar-refractivity contribution is 0.0716. The Hall–Kier alpha value is -2.13. The molecule has 0 aliphatic carbocycles. The fourth-order valence-corrected chi connectivity index (χ4v) is 2.85. The van der Waals surface area contributed by atoms with Crippen molar-refractivity contribution >= 4 is 5.91 Å². The molecule has 2 N–H and O–H groups in total. The average molecular weight is 280 g/mol. The summed E-state index contributed by atoms with van der Waals surface area (Å²) < 4.78 is 0. The predicted octanol–water partition coefficient (Wildman–Crippen LogP) is 3.42. The predicted molar refractivity (Wildman–Crippen MR) is 83.8 cm³/mol. The van der Waals surface area contributed by atoms with Crippen molar-refractivity contribution in [1.29, 1.82) is 0 Å². The van der Waals surface area contributed by atoms with Crippen LogP contribution in [0.4, 0.5) is 0 Å². The van der Waals surface area contributed by atoms with E-state index in [1.54, 1.807) is 0 Å². The van der Waals surface area contributed by atoms with Gasteiger partial charge in [0.15, 0.2) is 0 Å². The maximum absolute atomic E-state index is 12.7. The first-order chi connectivity index (χ1) is 10.1. The summed E-state index contributed by atoms with van der Waals surface area (Å²) in [5.41, 5.74) is 9.97. The van der Waals surface area contributed by atoms with Gasteiger partial charge in [0, 0.05) is 18.2 Å². The largest absolute Gasteiger partial charge is 0.328 e. The van der Waals surface area contributed by atoms with Crippen LogP contribution in [0.15, 0.2) is 48.5 Å². The average Bonchev–Trinajstić information content (AvgIpc) is 2.84. The van der Waals surface area contributed by atoms with Crippen molar-refractivity contribution in [2.24, 2.45) is 5.73 Å². The highest BCUT2D eigenvalue weighted by atomic mass is 16.2. The molecule has 0 radical (unpaired) electrons. The Morgan fingerprint density at radius 2 is 1.76 bits per heavy atom. The van der Waals surface area contributed by atoms with Crippen LogP contribution in [0, 0.1) is 0 Å². The van der Waals surface area contributed by atoms with Crippen molar-refractivity contribution in [1.82, 2.24) is 4.90 Å². The van der Waals surface area contributed by atoms with Gasteiger partial charge in [-0.25, -0.2) is 0 Å². The molecule has 1 heterocycles. The van der Waals surface area contributed by atoms with Gasteiger partial charge in [-0.3, -0.25) is 4.79 Å². The van der Waals surface area contributed by atoms with Crippen molar-refractivity contribution in [3.8, 4) is 0 Å². The van der Waals surface area contributed by atoms with E-state index in [4.69, 9.17) is 5.73 Å². The summed E-state index contributed by atoms with van der Waals surface area (Å²) in [4.78, 5) is 14.6. The van der Waals surface area contributed by atoms with Crippen LogP contribution in [-0.2, 0) is 6.54 Å². The quantitative estimate of drug-likeness (QED) is 0.936. The highest BCUT2D eigenvalue weighted by Gasteiger charge is 2.31. The van der Waals surface area contributed by atoms with E-state index in [0.29, 0.717) is 6.54 Å². The van der Waals surface area contributed by atoms with E-state index in [0.717, 1.165) is 22.3 Å². The van der Waals surface area contributed by atoms with Gasteiger partial charge in [-0.15, -0.1) is 0 Å². The van der Waals surface area contributed by atoms with Gasteiger partial charge in [0.2, 0.25) is 0 Å². The molecule has 108 valence electrons. The molecule has 0 saturated heterocycles. The van der Waals surface area contributed by atoms with Crippen LogP contribution in [-0.4, -0.2) is 10.8 Å². The molecular formula is C18H20N2O. The van der Waals surface area contributed by atoms with Gasteiger partial charge in [0.1, 0.15) is 0 Å². The van der Waals surface area contributed by atoms with Crippen molar-refractivity contribution in [3.63, 3.8) is 0 Å². The second kappa shape index (κ2) is 5.34. The van der Waals surface area contributed by atoms with E-state index in [2.05, 4.69) is 19.1 Å². The van der Waals surface area contributed by atoms with Crippen LogP contribution >= 0.6 is 0 Å². The minimum Gasteiger partial charge on any atom is -0.328 e. The normalized spacial score (nSPS) is 16.7. The first kappa shape index (κ1) is 13.8. The fraction of sp³-hybridized carbons (Fsp3) is 0.278. The zero-order valence-corrected chi connectivity index (χ0v) is 12.4. The van der Waals surface area contributed by atoms with Crippen molar-refractivity contribution < 1.29 is 4.79 Å². The highest BCUT2D eigenvalue weighted by Crippen LogP contribution is 2.32. The third kappa shape index (κ3) is 2.45. The molecule has 0 aromatic heterocycles. The first-order valence-electron chi connectivity index (χ1n) is 7.32. The van der Waals surface area contributed by atoms with Gasteiger partial charge in [-0.1, -0.05) is 42.5 Å². The third-order valence-corrected chi connectivity index (χ3v) is 4.24. The summed E-state index contributed by atoms with van der Waals surface area (Å²) in [6.07, 6.45) is 0. The molecule has 0 bridgehead atoms. The molecule has 0 spiro atoms. The lowest BCUT2D eigenvalue weighted by Gasteiger charge is -2.24. The number of amides is 1. The van der Waals surface area contributed by atoms with Gasteiger partial charge in [-0.2, -0.15) is 0 Å². The molecule has 3 rings (SSSR count). The second-order valence-corrected chi connectivity index (χ2v) is 5.72. The molecule has 3 nitrogen and oxygen atoms in total. The van der Waals surface area contributed by atoms with E-state index >= 15 is 0 Å². The van der Waals surface area contributed by atoms with Crippen LogP contribution in [0.2, 0.25) is 0 Å². The van der Waals surface area contributed by atoms with Crippen LogP contribution in [0.5, 0.6) is 0 Å². The SMILES string of the molecule is CC(N)c1ccc2c(c1)C(=O)N(C(C)c1ccccc1)C2. The molecule has 3 heteroatoms. The molecule has 0 fully saturated rings. The van der Waals surface area contributed by atoms with E-state index < -0.39 is 0 Å². The minimum absolute atomic E-state index is 0.0521. The number of fused-ring (bicyclic) bond motifs is 1. The summed E-state index contributed by atoms with van der Waals surface area (Å²) in [7, 11) is 0. The number of rotatable bonds is 3. The maximum atomic E-state index is 12.7. The highest BCUT2D eigenvalue weighted by molar-refractivity contribution is 5.98. The van der Waals surface area contributed by atoms with Crippen LogP contribution in [0.1, 0.15) is 53.0 Å². The fourth-order valence-electron chi connectivity index (χ4n) is 2.85. The van der Waals surface area contributed by atoms with Gasteiger partial charge < -0.3 is 10.6 Å². The topological polar surface area (TPSA) is 46.3 Å². The number of hydrogen-bond donors (Lipinski definition) is 1. The monoisotopic (exact) mass is 280 g/mol. The van der Waals surface area contributed by atoms with E-state index in [1.807, 2.05) is 48.2 Å². The summed E-state index contributed by atoms with van der Waals surface area (Å²) in [6.45, 7) is 4.68. The Bertz CT molecular complexity index is 664. The number of benzene rings is 2. The lowest BCUT2D eigenvalue weighted by Crippen LogP contribution is -2.27. The Kier molecular flexibility index (Phi) is 3.52. The zero-order chi connectivity index (χ0) is 15.0. The number of hydrogen-bond acceptors (Lipinski definition) is 2. The summed E-state index contributed by atoms with van der Waals surface area (Å²) in [5.74, 6) is 0.101. The van der Waals surface area contributed by atoms with Gasteiger partial charge in [-0.05, 0) is 36.6 Å². The molecular weight excluding hydrogens is 260 g/mol. The lowest BCUT2D eigenvalue weighted by atomic mass is 10.0. The van der Waals surface area contributed by atoms with Crippen molar-refractivity contribution in [2.45, 2.75) is 32.5 Å². The standard InChI is InChI=1S/C18H20N2O/c1-12(19)15-8-9-16-11-20(18(21)17(16)10-15)13(2)14-6-4-3-5-7-14/h3-10,12-13H,11,19H2,1-2H3. The third-order valence-electron chi connectivity index (χ3n) is 4.24. The molecule has 0 saturated carbocycles. The van der Waals surface area contributed by atoms with E-state index in [-0.39, 0.29) is 18.0 Å². The van der Waals surface area contributed by atoms with Gasteiger partial charge >= 0.3 is 0 Å². The van der Waals surface area contributed by atoms with Gasteiger partial charge in [0.25, 0.3) is 5.91 Å². The smallest absolute Gasteiger partial charge is 0.255 e. The van der Waals surface area contributed by atoms with E-state index in [1.165, 1.54) is 0 Å².